The summed E-state index contributed by atoms with van der Waals surface area (Å²) in [5.74, 6) is 0. The molecule has 0 bridgehead atoms. The van der Waals surface area contributed by atoms with Crippen molar-refractivity contribution >= 4 is 0 Å². The normalized spacial score (nSPS) is 10.0. The maximum absolute atomic E-state index is 8.89. The maximum Gasteiger partial charge on any atom is 0.0995 e. The zero-order valence-electron chi connectivity index (χ0n) is 9.91. The smallest absolute Gasteiger partial charge is 0.0995 e. The maximum atomic E-state index is 8.89. The molecular formula is C14H19NO. The van der Waals surface area contributed by atoms with Crippen LogP contribution in [0.25, 0.3) is 0 Å². The van der Waals surface area contributed by atoms with E-state index in [1.165, 1.54) is 19.3 Å². The molecule has 1 aromatic rings. The van der Waals surface area contributed by atoms with E-state index in [-0.39, 0.29) is 0 Å². The van der Waals surface area contributed by atoms with Gasteiger partial charge in [0, 0.05) is 6.61 Å². The van der Waals surface area contributed by atoms with Crippen LogP contribution in [-0.2, 0) is 11.3 Å². The monoisotopic (exact) mass is 217 g/mol. The van der Waals surface area contributed by atoms with Crippen LogP contribution in [0.15, 0.2) is 24.3 Å². The van der Waals surface area contributed by atoms with Gasteiger partial charge in [0.25, 0.3) is 0 Å². The van der Waals surface area contributed by atoms with E-state index in [0.29, 0.717) is 6.61 Å². The molecule has 0 fully saturated rings. The molecule has 0 aliphatic carbocycles. The minimum Gasteiger partial charge on any atom is -0.377 e. The highest BCUT2D eigenvalue weighted by atomic mass is 16.5. The van der Waals surface area contributed by atoms with Crippen LogP contribution < -0.4 is 0 Å². The highest BCUT2D eigenvalue weighted by molar-refractivity contribution is 5.36. The first-order chi connectivity index (χ1) is 7.88. The summed E-state index contributed by atoms with van der Waals surface area (Å²) in [4.78, 5) is 0. The van der Waals surface area contributed by atoms with Crippen LogP contribution in [0.2, 0.25) is 0 Å². The van der Waals surface area contributed by atoms with Gasteiger partial charge in [-0.3, -0.25) is 0 Å². The molecule has 0 aliphatic rings. The lowest BCUT2D eigenvalue weighted by atomic mass is 10.1. The Kier molecular flexibility index (Phi) is 6.29. The van der Waals surface area contributed by atoms with Crippen molar-refractivity contribution in [3.8, 4) is 6.07 Å². The molecule has 2 nitrogen and oxygen atoms in total. The standard InChI is InChI=1S/C14H19NO/c1-2-3-4-7-10-16-12-14-9-6-5-8-13(14)11-15/h5-6,8-9H,2-4,7,10,12H2,1H3. The van der Waals surface area contributed by atoms with E-state index in [2.05, 4.69) is 13.0 Å². The fourth-order valence-electron chi connectivity index (χ4n) is 1.57. The molecule has 86 valence electrons. The summed E-state index contributed by atoms with van der Waals surface area (Å²) in [5.41, 5.74) is 1.71. The second-order valence-corrected chi connectivity index (χ2v) is 3.88. The van der Waals surface area contributed by atoms with Gasteiger partial charge in [0.05, 0.1) is 18.2 Å². The van der Waals surface area contributed by atoms with Crippen LogP contribution in [0.1, 0.15) is 43.7 Å². The molecule has 0 aromatic heterocycles. The molecule has 0 aliphatic heterocycles. The molecule has 1 rings (SSSR count). The SMILES string of the molecule is CCCCCCOCc1ccccc1C#N. The molecule has 0 N–H and O–H groups in total. The topological polar surface area (TPSA) is 33.0 Å². The second kappa shape index (κ2) is 7.90. The van der Waals surface area contributed by atoms with Gasteiger partial charge in [-0.25, -0.2) is 0 Å². The van der Waals surface area contributed by atoms with Gasteiger partial charge >= 0.3 is 0 Å². The first kappa shape index (κ1) is 12.7. The first-order valence-corrected chi connectivity index (χ1v) is 5.94. The molecule has 0 atom stereocenters. The lowest BCUT2D eigenvalue weighted by Gasteiger charge is -2.05. The molecule has 0 unspecified atom stereocenters. The van der Waals surface area contributed by atoms with Gasteiger partial charge in [-0.1, -0.05) is 44.4 Å². The Balaban J connectivity index is 2.24. The fourth-order valence-corrected chi connectivity index (χ4v) is 1.57. The van der Waals surface area contributed by atoms with Crippen LogP contribution in [-0.4, -0.2) is 6.61 Å². The molecule has 1 aromatic carbocycles. The zero-order chi connectivity index (χ0) is 11.6. The number of hydrogen-bond donors (Lipinski definition) is 0. The van der Waals surface area contributed by atoms with E-state index < -0.39 is 0 Å². The Labute approximate surface area is 97.9 Å². The summed E-state index contributed by atoms with van der Waals surface area (Å²) in [7, 11) is 0. The van der Waals surface area contributed by atoms with Crippen molar-refractivity contribution in [2.45, 2.75) is 39.2 Å². The van der Waals surface area contributed by atoms with Crippen LogP contribution in [0.5, 0.6) is 0 Å². The predicted molar refractivity (Wildman–Crippen MR) is 65.0 cm³/mol. The van der Waals surface area contributed by atoms with Crippen LogP contribution in [0.3, 0.4) is 0 Å². The third-order valence-corrected chi connectivity index (χ3v) is 2.54. The highest BCUT2D eigenvalue weighted by Gasteiger charge is 1.99. The van der Waals surface area contributed by atoms with Gasteiger partial charge in [0.15, 0.2) is 0 Å². The molecule has 2 heteroatoms. The summed E-state index contributed by atoms with van der Waals surface area (Å²) >= 11 is 0. The van der Waals surface area contributed by atoms with E-state index in [1.807, 2.05) is 24.3 Å². The van der Waals surface area contributed by atoms with Crippen LogP contribution in [0, 0.1) is 11.3 Å². The quantitative estimate of drug-likeness (QED) is 0.653. The first-order valence-electron chi connectivity index (χ1n) is 5.94. The van der Waals surface area contributed by atoms with Crippen molar-refractivity contribution < 1.29 is 4.74 Å². The summed E-state index contributed by atoms with van der Waals surface area (Å²) in [6.45, 7) is 3.54. The molecule has 0 saturated heterocycles. The average Bonchev–Trinajstić information content (AvgIpc) is 2.34. The van der Waals surface area contributed by atoms with Gasteiger partial charge in [-0.05, 0) is 18.1 Å². The molecule has 0 amide bonds. The third kappa shape index (κ3) is 4.46. The van der Waals surface area contributed by atoms with Crippen molar-refractivity contribution in [1.82, 2.24) is 0 Å². The lowest BCUT2D eigenvalue weighted by Crippen LogP contribution is -1.97. The number of nitriles is 1. The Morgan fingerprint density at radius 1 is 1.19 bits per heavy atom. The number of unbranched alkanes of at least 4 members (excludes halogenated alkanes) is 3. The van der Waals surface area contributed by atoms with Crippen LogP contribution in [0.4, 0.5) is 0 Å². The molecule has 0 saturated carbocycles. The van der Waals surface area contributed by atoms with Gasteiger partial charge in [-0.2, -0.15) is 5.26 Å². The summed E-state index contributed by atoms with van der Waals surface area (Å²) < 4.78 is 5.56. The van der Waals surface area contributed by atoms with Crippen molar-refractivity contribution in [1.29, 1.82) is 5.26 Å². The minimum atomic E-state index is 0.551. The van der Waals surface area contributed by atoms with E-state index in [1.54, 1.807) is 0 Å². The molecular weight excluding hydrogens is 198 g/mol. The summed E-state index contributed by atoms with van der Waals surface area (Å²) in [5, 5.41) is 8.89. The van der Waals surface area contributed by atoms with Crippen molar-refractivity contribution in [3.05, 3.63) is 35.4 Å². The number of benzene rings is 1. The Hall–Kier alpha value is -1.33. The van der Waals surface area contributed by atoms with E-state index in [4.69, 9.17) is 10.00 Å². The zero-order valence-corrected chi connectivity index (χ0v) is 9.91. The van der Waals surface area contributed by atoms with Gasteiger partial charge in [0.2, 0.25) is 0 Å². The molecule has 0 spiro atoms. The Morgan fingerprint density at radius 2 is 2.00 bits per heavy atom. The van der Waals surface area contributed by atoms with E-state index in [0.717, 1.165) is 24.2 Å². The Bertz CT molecular complexity index is 341. The number of nitrogens with zero attached hydrogens (tertiary/aromatic N) is 1. The lowest BCUT2D eigenvalue weighted by molar-refractivity contribution is 0.116. The van der Waals surface area contributed by atoms with Crippen LogP contribution >= 0.6 is 0 Å². The van der Waals surface area contributed by atoms with Gasteiger partial charge < -0.3 is 4.74 Å². The molecule has 0 radical (unpaired) electrons. The predicted octanol–water partition coefficient (Wildman–Crippen LogP) is 3.66. The summed E-state index contributed by atoms with van der Waals surface area (Å²) in [6.07, 6.45) is 4.87. The molecule has 0 heterocycles. The fraction of sp³-hybridized carbons (Fsp3) is 0.500. The second-order valence-electron chi connectivity index (χ2n) is 3.88. The highest BCUT2D eigenvalue weighted by Crippen LogP contribution is 2.09. The van der Waals surface area contributed by atoms with Gasteiger partial charge in [-0.15, -0.1) is 0 Å². The number of rotatable bonds is 7. The van der Waals surface area contributed by atoms with Gasteiger partial charge in [0.1, 0.15) is 0 Å². The number of hydrogen-bond acceptors (Lipinski definition) is 2. The molecule has 16 heavy (non-hydrogen) atoms. The number of ether oxygens (including phenoxy) is 1. The largest absolute Gasteiger partial charge is 0.377 e. The third-order valence-electron chi connectivity index (χ3n) is 2.54. The van der Waals surface area contributed by atoms with Crippen molar-refractivity contribution in [2.24, 2.45) is 0 Å². The average molecular weight is 217 g/mol. The van der Waals surface area contributed by atoms with Crippen molar-refractivity contribution in [2.75, 3.05) is 6.61 Å². The minimum absolute atomic E-state index is 0.551. The van der Waals surface area contributed by atoms with E-state index in [9.17, 15) is 0 Å². The summed E-state index contributed by atoms with van der Waals surface area (Å²) in [6, 6.07) is 9.77. The van der Waals surface area contributed by atoms with Crippen molar-refractivity contribution in [3.63, 3.8) is 0 Å². The van der Waals surface area contributed by atoms with E-state index >= 15 is 0 Å². The Morgan fingerprint density at radius 3 is 2.75 bits per heavy atom.